The summed E-state index contributed by atoms with van der Waals surface area (Å²) in [7, 11) is 0. The molecule has 6 heteroatoms. The third-order valence-electron chi connectivity index (χ3n) is 2.48. The standard InChI is InChI=1S/C12H22O6/c1-3-17-12(11(15)16,18-4-2)9-7-5-6-8-10(13)14/h3-9H2,1-2H3,(H,13,14)(H,15,16). The van der Waals surface area contributed by atoms with Gasteiger partial charge in [0.1, 0.15) is 0 Å². The number of ether oxygens (including phenoxy) is 2. The average molecular weight is 262 g/mol. The van der Waals surface area contributed by atoms with Gasteiger partial charge in [0.2, 0.25) is 0 Å². The third kappa shape index (κ3) is 5.97. The zero-order chi connectivity index (χ0) is 14.0. The molecule has 0 atom stereocenters. The van der Waals surface area contributed by atoms with Gasteiger partial charge >= 0.3 is 11.9 Å². The summed E-state index contributed by atoms with van der Waals surface area (Å²) >= 11 is 0. The van der Waals surface area contributed by atoms with E-state index < -0.39 is 17.7 Å². The van der Waals surface area contributed by atoms with Crippen molar-refractivity contribution in [3.63, 3.8) is 0 Å². The minimum absolute atomic E-state index is 0.101. The molecule has 6 nitrogen and oxygen atoms in total. The summed E-state index contributed by atoms with van der Waals surface area (Å²) in [6, 6.07) is 0. The maximum atomic E-state index is 11.2. The second-order valence-corrected chi connectivity index (χ2v) is 3.88. The normalized spacial score (nSPS) is 11.4. The van der Waals surface area contributed by atoms with Crippen LogP contribution in [0.5, 0.6) is 0 Å². The number of carbonyl (C=O) groups is 2. The molecule has 0 aromatic carbocycles. The zero-order valence-electron chi connectivity index (χ0n) is 11.0. The fraction of sp³-hybridized carbons (Fsp3) is 0.833. The average Bonchev–Trinajstić information content (AvgIpc) is 2.28. The Morgan fingerprint density at radius 3 is 1.94 bits per heavy atom. The summed E-state index contributed by atoms with van der Waals surface area (Å²) in [6.07, 6.45) is 2.05. The van der Waals surface area contributed by atoms with E-state index in [1.807, 2.05) is 0 Å². The van der Waals surface area contributed by atoms with E-state index in [1.54, 1.807) is 13.8 Å². The van der Waals surface area contributed by atoms with Gasteiger partial charge in [-0.3, -0.25) is 4.79 Å². The lowest BCUT2D eigenvalue weighted by Crippen LogP contribution is -2.44. The Kier molecular flexibility index (Phi) is 8.32. The van der Waals surface area contributed by atoms with Gasteiger partial charge in [-0.25, -0.2) is 4.79 Å². The van der Waals surface area contributed by atoms with Crippen LogP contribution < -0.4 is 0 Å². The molecule has 0 fully saturated rings. The fourth-order valence-electron chi connectivity index (χ4n) is 1.69. The first-order valence-electron chi connectivity index (χ1n) is 6.21. The van der Waals surface area contributed by atoms with E-state index in [0.29, 0.717) is 19.3 Å². The Morgan fingerprint density at radius 2 is 1.56 bits per heavy atom. The molecule has 0 aliphatic rings. The summed E-state index contributed by atoms with van der Waals surface area (Å²) < 4.78 is 10.4. The number of carboxylic acid groups (broad SMARTS) is 2. The first kappa shape index (κ1) is 16.9. The van der Waals surface area contributed by atoms with Crippen molar-refractivity contribution < 1.29 is 29.3 Å². The molecule has 0 amide bonds. The number of hydrogen-bond acceptors (Lipinski definition) is 4. The number of aliphatic carboxylic acids is 2. The van der Waals surface area contributed by atoms with Gasteiger partial charge in [-0.05, 0) is 26.7 Å². The molecule has 0 aliphatic heterocycles. The molecule has 2 N–H and O–H groups in total. The van der Waals surface area contributed by atoms with Gasteiger partial charge in [-0.1, -0.05) is 6.42 Å². The first-order chi connectivity index (χ1) is 8.48. The van der Waals surface area contributed by atoms with E-state index in [1.165, 1.54) is 0 Å². The summed E-state index contributed by atoms with van der Waals surface area (Å²) in [5.41, 5.74) is 0. The van der Waals surface area contributed by atoms with Crippen LogP contribution in [0.15, 0.2) is 0 Å². The molecule has 0 aromatic rings. The third-order valence-corrected chi connectivity index (χ3v) is 2.48. The van der Waals surface area contributed by atoms with Crippen LogP contribution in [0.1, 0.15) is 46.0 Å². The molecule has 0 rings (SSSR count). The van der Waals surface area contributed by atoms with Crippen LogP contribution in [-0.2, 0) is 19.1 Å². The topological polar surface area (TPSA) is 93.1 Å². The highest BCUT2D eigenvalue weighted by atomic mass is 16.7. The summed E-state index contributed by atoms with van der Waals surface area (Å²) in [5, 5.41) is 17.7. The van der Waals surface area contributed by atoms with Gasteiger partial charge in [-0.15, -0.1) is 0 Å². The van der Waals surface area contributed by atoms with Gasteiger partial charge in [0.25, 0.3) is 5.79 Å². The van der Waals surface area contributed by atoms with Crippen molar-refractivity contribution in [2.24, 2.45) is 0 Å². The van der Waals surface area contributed by atoms with Crippen molar-refractivity contribution in [3.05, 3.63) is 0 Å². The summed E-state index contributed by atoms with van der Waals surface area (Å²) in [6.45, 7) is 3.92. The number of hydrogen-bond donors (Lipinski definition) is 2. The molecule has 0 heterocycles. The molecule has 0 radical (unpaired) electrons. The van der Waals surface area contributed by atoms with E-state index in [2.05, 4.69) is 0 Å². The second-order valence-electron chi connectivity index (χ2n) is 3.88. The molecular formula is C12H22O6. The molecule has 0 bridgehead atoms. The lowest BCUT2D eigenvalue weighted by molar-refractivity contribution is -0.244. The Labute approximate surface area is 107 Å². The minimum atomic E-state index is -1.59. The van der Waals surface area contributed by atoms with Crippen LogP contribution in [0.25, 0.3) is 0 Å². The SMILES string of the molecule is CCOC(CCCCCC(=O)O)(OCC)C(=O)O. The van der Waals surface area contributed by atoms with Gasteiger partial charge < -0.3 is 19.7 Å². The Morgan fingerprint density at radius 1 is 1.00 bits per heavy atom. The van der Waals surface area contributed by atoms with Crippen molar-refractivity contribution in [1.82, 2.24) is 0 Å². The largest absolute Gasteiger partial charge is 0.481 e. The van der Waals surface area contributed by atoms with Crippen molar-refractivity contribution in [1.29, 1.82) is 0 Å². The maximum absolute atomic E-state index is 11.2. The van der Waals surface area contributed by atoms with Crippen LogP contribution in [0, 0.1) is 0 Å². The lowest BCUT2D eigenvalue weighted by Gasteiger charge is -2.28. The maximum Gasteiger partial charge on any atom is 0.364 e. The van der Waals surface area contributed by atoms with Crippen molar-refractivity contribution in [3.8, 4) is 0 Å². The summed E-state index contributed by atoms with van der Waals surface area (Å²) in [5.74, 6) is -3.56. The highest BCUT2D eigenvalue weighted by Crippen LogP contribution is 2.22. The molecule has 0 aromatic heterocycles. The van der Waals surface area contributed by atoms with Crippen LogP contribution in [0.4, 0.5) is 0 Å². The molecule has 18 heavy (non-hydrogen) atoms. The van der Waals surface area contributed by atoms with Gasteiger partial charge in [0.15, 0.2) is 0 Å². The van der Waals surface area contributed by atoms with Crippen LogP contribution in [0.3, 0.4) is 0 Å². The quantitative estimate of drug-likeness (QED) is 0.436. The highest BCUT2D eigenvalue weighted by Gasteiger charge is 2.39. The predicted molar refractivity (Wildman–Crippen MR) is 64.3 cm³/mol. The van der Waals surface area contributed by atoms with E-state index in [9.17, 15) is 14.7 Å². The molecule has 0 aliphatic carbocycles. The summed E-state index contributed by atoms with van der Waals surface area (Å²) in [4.78, 5) is 21.6. The highest BCUT2D eigenvalue weighted by molar-refractivity contribution is 5.75. The Bertz CT molecular complexity index is 257. The van der Waals surface area contributed by atoms with Crippen LogP contribution in [0.2, 0.25) is 0 Å². The molecular weight excluding hydrogens is 240 g/mol. The Balaban J connectivity index is 4.22. The van der Waals surface area contributed by atoms with Gasteiger partial charge in [0.05, 0.1) is 0 Å². The lowest BCUT2D eigenvalue weighted by atomic mass is 10.1. The van der Waals surface area contributed by atoms with Crippen molar-refractivity contribution in [2.75, 3.05) is 13.2 Å². The van der Waals surface area contributed by atoms with Gasteiger partial charge in [-0.2, -0.15) is 0 Å². The Hall–Kier alpha value is -1.14. The van der Waals surface area contributed by atoms with E-state index >= 15 is 0 Å². The van der Waals surface area contributed by atoms with Crippen LogP contribution >= 0.6 is 0 Å². The van der Waals surface area contributed by atoms with Crippen molar-refractivity contribution >= 4 is 11.9 Å². The van der Waals surface area contributed by atoms with Crippen LogP contribution in [-0.4, -0.2) is 41.2 Å². The number of carboxylic acids is 2. The van der Waals surface area contributed by atoms with Crippen molar-refractivity contribution in [2.45, 2.75) is 51.7 Å². The fourth-order valence-corrected chi connectivity index (χ4v) is 1.69. The molecule has 106 valence electrons. The predicted octanol–water partition coefficient (Wildman–Crippen LogP) is 1.88. The monoisotopic (exact) mass is 262 g/mol. The molecule has 0 saturated heterocycles. The van der Waals surface area contributed by atoms with E-state index in [-0.39, 0.29) is 26.1 Å². The first-order valence-corrected chi connectivity index (χ1v) is 6.21. The number of rotatable bonds is 11. The molecule has 0 spiro atoms. The van der Waals surface area contributed by atoms with E-state index in [0.717, 1.165) is 0 Å². The molecule has 0 unspecified atom stereocenters. The smallest absolute Gasteiger partial charge is 0.364 e. The van der Waals surface area contributed by atoms with Gasteiger partial charge in [0, 0.05) is 26.1 Å². The molecule has 0 saturated carbocycles. The minimum Gasteiger partial charge on any atom is -0.481 e. The zero-order valence-corrected chi connectivity index (χ0v) is 11.0. The second kappa shape index (κ2) is 8.88. The van der Waals surface area contributed by atoms with E-state index in [4.69, 9.17) is 14.6 Å². The number of unbranched alkanes of at least 4 members (excludes halogenated alkanes) is 2.